The standard InChI is InChI=1S/C22H25N2OPSi/c1-23-18-19-24(2)26(23)25-27(20-12-6-3-7-13-20,21-14-8-4-9-15-21)22-16-10-5-11-17-22/h3-17H,18-19H2,1-2H3. The molecular formula is C22H25N2OPSi. The summed E-state index contributed by atoms with van der Waals surface area (Å²) in [7, 11) is 0.927. The van der Waals surface area contributed by atoms with Crippen LogP contribution in [0, 0.1) is 0 Å². The van der Waals surface area contributed by atoms with E-state index in [1.165, 1.54) is 15.6 Å². The molecule has 0 bridgehead atoms. The topological polar surface area (TPSA) is 15.7 Å². The van der Waals surface area contributed by atoms with E-state index in [0.29, 0.717) is 0 Å². The van der Waals surface area contributed by atoms with Crippen molar-refractivity contribution in [2.45, 2.75) is 0 Å². The van der Waals surface area contributed by atoms with Crippen LogP contribution in [0.15, 0.2) is 91.0 Å². The lowest BCUT2D eigenvalue weighted by Crippen LogP contribution is -2.68. The smallest absolute Gasteiger partial charge is 0.295 e. The van der Waals surface area contributed by atoms with Crippen LogP contribution >= 0.6 is 8.45 Å². The molecule has 0 radical (unpaired) electrons. The number of nitrogens with zero attached hydrogens (tertiary/aromatic N) is 2. The van der Waals surface area contributed by atoms with E-state index in [0.717, 1.165) is 13.1 Å². The van der Waals surface area contributed by atoms with Gasteiger partial charge in [-0.2, -0.15) is 0 Å². The Kier molecular flexibility index (Phi) is 5.53. The molecule has 1 heterocycles. The van der Waals surface area contributed by atoms with Crippen LogP contribution in [-0.2, 0) is 4.21 Å². The van der Waals surface area contributed by atoms with Gasteiger partial charge in [-0.05, 0) is 29.7 Å². The highest BCUT2D eigenvalue weighted by Crippen LogP contribution is 2.49. The first-order chi connectivity index (χ1) is 13.2. The number of hydrogen-bond donors (Lipinski definition) is 0. The normalized spacial score (nSPS) is 16.7. The van der Waals surface area contributed by atoms with Crippen molar-refractivity contribution in [1.29, 1.82) is 0 Å². The van der Waals surface area contributed by atoms with Gasteiger partial charge in [-0.1, -0.05) is 91.0 Å². The van der Waals surface area contributed by atoms with E-state index in [4.69, 9.17) is 4.21 Å². The Hall–Kier alpha value is -1.81. The number of benzene rings is 3. The van der Waals surface area contributed by atoms with E-state index in [1.807, 2.05) is 0 Å². The predicted molar refractivity (Wildman–Crippen MR) is 117 cm³/mol. The van der Waals surface area contributed by atoms with E-state index in [-0.39, 0.29) is 0 Å². The van der Waals surface area contributed by atoms with Crippen LogP contribution in [-0.4, -0.2) is 44.8 Å². The van der Waals surface area contributed by atoms with Gasteiger partial charge in [0.25, 0.3) is 8.32 Å². The second-order valence-corrected chi connectivity index (χ2v) is 12.6. The zero-order valence-electron chi connectivity index (χ0n) is 15.8. The van der Waals surface area contributed by atoms with Crippen molar-refractivity contribution < 1.29 is 4.21 Å². The van der Waals surface area contributed by atoms with Gasteiger partial charge >= 0.3 is 0 Å². The molecule has 1 saturated heterocycles. The molecule has 138 valence electrons. The maximum absolute atomic E-state index is 7.24. The Morgan fingerprint density at radius 1 is 0.630 bits per heavy atom. The van der Waals surface area contributed by atoms with Gasteiger partial charge in [0.1, 0.15) is 0 Å². The zero-order valence-corrected chi connectivity index (χ0v) is 17.7. The first-order valence-corrected chi connectivity index (χ1v) is 12.4. The first kappa shape index (κ1) is 18.5. The molecule has 1 aliphatic heterocycles. The van der Waals surface area contributed by atoms with Gasteiger partial charge in [0.2, 0.25) is 0 Å². The molecule has 27 heavy (non-hydrogen) atoms. The van der Waals surface area contributed by atoms with Gasteiger partial charge in [-0.3, -0.25) is 0 Å². The third-order valence-corrected chi connectivity index (χ3v) is 11.8. The Labute approximate surface area is 164 Å². The molecular weight excluding hydrogens is 367 g/mol. The van der Waals surface area contributed by atoms with Crippen LogP contribution in [0.5, 0.6) is 0 Å². The maximum Gasteiger partial charge on any atom is 0.295 e. The van der Waals surface area contributed by atoms with E-state index < -0.39 is 16.8 Å². The lowest BCUT2D eigenvalue weighted by molar-refractivity contribution is 0.510. The van der Waals surface area contributed by atoms with E-state index in [2.05, 4.69) is 114 Å². The van der Waals surface area contributed by atoms with Gasteiger partial charge in [0.05, 0.1) is 0 Å². The van der Waals surface area contributed by atoms with E-state index in [1.54, 1.807) is 0 Å². The fourth-order valence-electron chi connectivity index (χ4n) is 3.66. The maximum atomic E-state index is 7.24. The molecule has 3 aromatic rings. The van der Waals surface area contributed by atoms with Crippen molar-refractivity contribution in [3.8, 4) is 0 Å². The van der Waals surface area contributed by atoms with Crippen molar-refractivity contribution in [3.63, 3.8) is 0 Å². The van der Waals surface area contributed by atoms with Crippen molar-refractivity contribution >= 4 is 32.3 Å². The molecule has 0 unspecified atom stereocenters. The van der Waals surface area contributed by atoms with Crippen LogP contribution in [0.1, 0.15) is 0 Å². The summed E-state index contributed by atoms with van der Waals surface area (Å²) in [4.78, 5) is 0. The number of hydrogen-bond acceptors (Lipinski definition) is 3. The summed E-state index contributed by atoms with van der Waals surface area (Å²) in [5, 5.41) is 3.87. The van der Waals surface area contributed by atoms with Crippen molar-refractivity contribution in [1.82, 2.24) is 9.34 Å². The average Bonchev–Trinajstić information content (AvgIpc) is 3.05. The Morgan fingerprint density at radius 3 is 1.30 bits per heavy atom. The summed E-state index contributed by atoms with van der Waals surface area (Å²) in [6.45, 7) is 2.09. The van der Waals surface area contributed by atoms with Gasteiger partial charge in [0.15, 0.2) is 8.45 Å². The second kappa shape index (κ2) is 8.05. The molecule has 4 rings (SSSR count). The van der Waals surface area contributed by atoms with Crippen LogP contribution < -0.4 is 15.6 Å². The summed E-state index contributed by atoms with van der Waals surface area (Å²) in [6.07, 6.45) is 0. The quantitative estimate of drug-likeness (QED) is 0.377. The SMILES string of the molecule is CN1CCN(C)P1O[Si](c1ccccc1)(c1ccccc1)c1ccccc1. The summed E-state index contributed by atoms with van der Waals surface area (Å²) < 4.78 is 12.0. The molecule has 3 aromatic carbocycles. The highest BCUT2D eigenvalue weighted by molar-refractivity contribution is 7.50. The lowest BCUT2D eigenvalue weighted by Gasteiger charge is -2.38. The van der Waals surface area contributed by atoms with Gasteiger partial charge in [0, 0.05) is 13.1 Å². The van der Waals surface area contributed by atoms with Crippen molar-refractivity contribution in [2.75, 3.05) is 27.2 Å². The highest BCUT2D eigenvalue weighted by Gasteiger charge is 2.46. The average molecular weight is 393 g/mol. The van der Waals surface area contributed by atoms with Crippen LogP contribution in [0.25, 0.3) is 0 Å². The Morgan fingerprint density at radius 2 is 0.963 bits per heavy atom. The zero-order chi connectivity index (χ0) is 18.7. The molecule has 0 spiro atoms. The fraction of sp³-hybridized carbons (Fsp3) is 0.182. The minimum Gasteiger partial charge on any atom is -0.358 e. The molecule has 1 fully saturated rings. The van der Waals surface area contributed by atoms with Crippen molar-refractivity contribution in [3.05, 3.63) is 91.0 Å². The number of rotatable bonds is 5. The second-order valence-electron chi connectivity index (χ2n) is 6.89. The fourth-order valence-corrected chi connectivity index (χ4v) is 11.0. The largest absolute Gasteiger partial charge is 0.358 e. The monoisotopic (exact) mass is 392 g/mol. The summed E-state index contributed by atoms with van der Waals surface area (Å²) in [6, 6.07) is 32.4. The van der Waals surface area contributed by atoms with Crippen LogP contribution in [0.3, 0.4) is 0 Å². The Bertz CT molecular complexity index is 757. The molecule has 5 heteroatoms. The summed E-state index contributed by atoms with van der Waals surface area (Å²) >= 11 is 0. The molecule has 0 aliphatic carbocycles. The summed E-state index contributed by atoms with van der Waals surface area (Å²) in [5.41, 5.74) is 0. The third kappa shape index (κ3) is 3.52. The molecule has 0 amide bonds. The minimum atomic E-state index is -2.63. The molecule has 0 N–H and O–H groups in total. The lowest BCUT2D eigenvalue weighted by atomic mass is 10.3. The van der Waals surface area contributed by atoms with Gasteiger partial charge < -0.3 is 4.21 Å². The molecule has 0 aromatic heterocycles. The molecule has 3 nitrogen and oxygen atoms in total. The number of likely N-dealkylation sites (N-methyl/N-ethyl adjacent to an activating group) is 2. The highest BCUT2D eigenvalue weighted by atomic mass is 31.2. The molecule has 1 aliphatic rings. The third-order valence-electron chi connectivity index (χ3n) is 5.09. The molecule has 0 saturated carbocycles. The Balaban J connectivity index is 1.95. The van der Waals surface area contributed by atoms with Crippen molar-refractivity contribution in [2.24, 2.45) is 0 Å². The minimum absolute atomic E-state index is 0.798. The van der Waals surface area contributed by atoms with E-state index >= 15 is 0 Å². The van der Waals surface area contributed by atoms with E-state index in [9.17, 15) is 0 Å². The van der Waals surface area contributed by atoms with Gasteiger partial charge in [-0.15, -0.1) is 0 Å². The van der Waals surface area contributed by atoms with Gasteiger partial charge in [-0.25, -0.2) is 9.34 Å². The first-order valence-electron chi connectivity index (χ1n) is 9.30. The molecule has 0 atom stereocenters. The van der Waals surface area contributed by atoms with Crippen LogP contribution in [0.4, 0.5) is 0 Å². The summed E-state index contributed by atoms with van der Waals surface area (Å²) in [5.74, 6) is 0. The van der Waals surface area contributed by atoms with Crippen LogP contribution in [0.2, 0.25) is 0 Å². The predicted octanol–water partition coefficient (Wildman–Crippen LogP) is 2.77.